The number of aryl methyl sites for hydroxylation is 3. The van der Waals surface area contributed by atoms with E-state index in [4.69, 9.17) is 8.83 Å². The lowest BCUT2D eigenvalue weighted by molar-refractivity contribution is -0.118. The molecule has 1 N–H and O–H groups in total. The second kappa shape index (κ2) is 8.31. The molecule has 2 amide bonds. The monoisotopic (exact) mass is 424 g/mol. The number of Topliss-reactive ketones (excluding diaryl/α,β-unsaturated/α-hetero) is 1. The number of oxazole rings is 1. The number of rotatable bonds is 7. The third kappa shape index (κ3) is 4.38. The molecule has 3 heterocycles. The van der Waals surface area contributed by atoms with Crippen LogP contribution in [0.4, 0.5) is 4.79 Å². The zero-order valence-corrected chi connectivity index (χ0v) is 17.4. The molecule has 1 aromatic carbocycles. The standard InChI is InChI=1S/C22H20N2O5S/c1-12-3-10-18(28-12)21-23-16(13(2)29-21)8-9-17(25)15-6-4-14(5-7-15)11-19-20(26)24-22(27)30-19/h3-7,10,19H,8-9,11H2,1-2H3,(H,24,26,27). The van der Waals surface area contributed by atoms with Gasteiger partial charge in [-0.2, -0.15) is 0 Å². The summed E-state index contributed by atoms with van der Waals surface area (Å²) < 4.78 is 11.2. The first-order valence-electron chi connectivity index (χ1n) is 9.56. The van der Waals surface area contributed by atoms with E-state index in [-0.39, 0.29) is 16.9 Å². The fourth-order valence-electron chi connectivity index (χ4n) is 3.26. The van der Waals surface area contributed by atoms with E-state index >= 15 is 0 Å². The smallest absolute Gasteiger partial charge is 0.286 e. The molecule has 8 heteroatoms. The number of thioether (sulfide) groups is 1. The average Bonchev–Trinajstić information content (AvgIpc) is 3.39. The molecular formula is C22H20N2O5S. The summed E-state index contributed by atoms with van der Waals surface area (Å²) in [6.45, 7) is 3.67. The first-order chi connectivity index (χ1) is 14.4. The number of ketones is 1. The van der Waals surface area contributed by atoms with Gasteiger partial charge in [-0.1, -0.05) is 36.0 Å². The Bertz CT molecular complexity index is 1110. The molecule has 4 rings (SSSR count). The number of carbonyl (C=O) groups is 3. The number of nitrogens with zero attached hydrogens (tertiary/aromatic N) is 1. The zero-order chi connectivity index (χ0) is 21.3. The predicted octanol–water partition coefficient (Wildman–Crippen LogP) is 4.26. The Hall–Kier alpha value is -3.13. The van der Waals surface area contributed by atoms with Crippen LogP contribution in [0, 0.1) is 13.8 Å². The lowest BCUT2D eigenvalue weighted by atomic mass is 10.0. The van der Waals surface area contributed by atoms with Gasteiger partial charge in [0.25, 0.3) is 11.1 Å². The third-order valence-electron chi connectivity index (χ3n) is 4.90. The van der Waals surface area contributed by atoms with Gasteiger partial charge in [0.2, 0.25) is 5.91 Å². The second-order valence-corrected chi connectivity index (χ2v) is 8.32. The number of imide groups is 1. The number of nitrogens with one attached hydrogen (secondary N) is 1. The number of carbonyl (C=O) groups excluding carboxylic acids is 3. The molecule has 0 aliphatic carbocycles. The van der Waals surface area contributed by atoms with Crippen molar-refractivity contribution in [3.63, 3.8) is 0 Å². The summed E-state index contributed by atoms with van der Waals surface area (Å²) in [6.07, 6.45) is 1.22. The number of furan rings is 1. The average molecular weight is 424 g/mol. The molecule has 0 spiro atoms. The minimum Gasteiger partial charge on any atom is -0.456 e. The molecule has 0 bridgehead atoms. The minimum absolute atomic E-state index is 0.00232. The van der Waals surface area contributed by atoms with Crippen LogP contribution in [-0.4, -0.2) is 27.2 Å². The van der Waals surface area contributed by atoms with Crippen molar-refractivity contribution < 1.29 is 23.2 Å². The summed E-state index contributed by atoms with van der Waals surface area (Å²) in [6, 6.07) is 10.8. The van der Waals surface area contributed by atoms with Crippen LogP contribution >= 0.6 is 11.8 Å². The highest BCUT2D eigenvalue weighted by molar-refractivity contribution is 8.15. The molecule has 1 aliphatic rings. The maximum Gasteiger partial charge on any atom is 0.286 e. The van der Waals surface area contributed by atoms with Crippen LogP contribution in [0.25, 0.3) is 11.7 Å². The fourth-order valence-corrected chi connectivity index (χ4v) is 4.12. The van der Waals surface area contributed by atoms with E-state index < -0.39 is 5.25 Å². The van der Waals surface area contributed by atoms with Gasteiger partial charge in [-0.25, -0.2) is 4.98 Å². The Labute approximate surface area is 177 Å². The van der Waals surface area contributed by atoms with E-state index in [1.54, 1.807) is 18.2 Å². The van der Waals surface area contributed by atoms with Gasteiger partial charge in [-0.15, -0.1) is 0 Å². The van der Waals surface area contributed by atoms with Gasteiger partial charge < -0.3 is 8.83 Å². The highest BCUT2D eigenvalue weighted by Crippen LogP contribution is 2.25. The van der Waals surface area contributed by atoms with Crippen molar-refractivity contribution in [2.45, 2.75) is 38.4 Å². The van der Waals surface area contributed by atoms with E-state index in [2.05, 4.69) is 10.3 Å². The zero-order valence-electron chi connectivity index (χ0n) is 16.6. The SMILES string of the molecule is Cc1ccc(-c2nc(CCC(=O)c3ccc(CC4SC(=O)NC4=O)cc3)c(C)o2)o1. The molecule has 1 atom stereocenters. The molecule has 1 fully saturated rings. The Balaban J connectivity index is 1.36. The van der Waals surface area contributed by atoms with Crippen LogP contribution in [0.3, 0.4) is 0 Å². The normalized spacial score (nSPS) is 16.1. The topological polar surface area (TPSA) is 102 Å². The summed E-state index contributed by atoms with van der Waals surface area (Å²) in [5, 5.41) is 1.55. The number of hydrogen-bond acceptors (Lipinski definition) is 7. The van der Waals surface area contributed by atoms with Crippen molar-refractivity contribution in [1.82, 2.24) is 10.3 Å². The largest absolute Gasteiger partial charge is 0.456 e. The van der Waals surface area contributed by atoms with E-state index in [9.17, 15) is 14.4 Å². The van der Waals surface area contributed by atoms with Gasteiger partial charge in [0, 0.05) is 18.4 Å². The number of amides is 2. The van der Waals surface area contributed by atoms with Crippen LogP contribution in [-0.2, 0) is 17.6 Å². The lowest BCUT2D eigenvalue weighted by Crippen LogP contribution is -2.25. The molecule has 0 radical (unpaired) electrons. The van der Waals surface area contributed by atoms with Gasteiger partial charge >= 0.3 is 0 Å². The molecule has 0 saturated carbocycles. The van der Waals surface area contributed by atoms with Crippen LogP contribution in [0.2, 0.25) is 0 Å². The first-order valence-corrected chi connectivity index (χ1v) is 10.4. The van der Waals surface area contributed by atoms with Crippen molar-refractivity contribution in [1.29, 1.82) is 0 Å². The number of aromatic nitrogens is 1. The fraction of sp³-hybridized carbons (Fsp3) is 0.273. The molecule has 7 nitrogen and oxygen atoms in total. The Morgan fingerprint density at radius 3 is 2.50 bits per heavy atom. The molecule has 1 unspecified atom stereocenters. The predicted molar refractivity (Wildman–Crippen MR) is 111 cm³/mol. The lowest BCUT2D eigenvalue weighted by Gasteiger charge is -2.06. The van der Waals surface area contributed by atoms with E-state index in [1.807, 2.05) is 32.0 Å². The number of hydrogen-bond donors (Lipinski definition) is 1. The van der Waals surface area contributed by atoms with Crippen molar-refractivity contribution in [3.05, 3.63) is 64.7 Å². The van der Waals surface area contributed by atoms with E-state index in [0.29, 0.717) is 42.2 Å². The minimum atomic E-state index is -0.415. The molecule has 30 heavy (non-hydrogen) atoms. The van der Waals surface area contributed by atoms with Crippen molar-refractivity contribution in [3.8, 4) is 11.7 Å². The maximum atomic E-state index is 12.6. The Morgan fingerprint density at radius 2 is 1.87 bits per heavy atom. The van der Waals surface area contributed by atoms with Crippen molar-refractivity contribution in [2.75, 3.05) is 0 Å². The van der Waals surface area contributed by atoms with Crippen LogP contribution in [0.15, 0.2) is 45.2 Å². The summed E-state index contributed by atoms with van der Waals surface area (Å²) >= 11 is 0.999. The molecule has 2 aromatic heterocycles. The molecular weight excluding hydrogens is 404 g/mol. The molecule has 3 aromatic rings. The maximum absolute atomic E-state index is 12.6. The van der Waals surface area contributed by atoms with Gasteiger partial charge in [0.05, 0.1) is 10.9 Å². The second-order valence-electron chi connectivity index (χ2n) is 7.14. The summed E-state index contributed by atoms with van der Waals surface area (Å²) in [7, 11) is 0. The first kappa shape index (κ1) is 20.2. The van der Waals surface area contributed by atoms with Crippen LogP contribution < -0.4 is 5.32 Å². The molecule has 154 valence electrons. The van der Waals surface area contributed by atoms with E-state index in [1.165, 1.54) is 0 Å². The van der Waals surface area contributed by atoms with E-state index in [0.717, 1.165) is 28.8 Å². The summed E-state index contributed by atoms with van der Waals surface area (Å²) in [5.41, 5.74) is 2.24. The Morgan fingerprint density at radius 1 is 1.10 bits per heavy atom. The van der Waals surface area contributed by atoms with Crippen LogP contribution in [0.1, 0.15) is 39.6 Å². The van der Waals surface area contributed by atoms with Gasteiger partial charge in [0.15, 0.2) is 11.5 Å². The molecule has 1 saturated heterocycles. The highest BCUT2D eigenvalue weighted by Gasteiger charge is 2.31. The van der Waals surface area contributed by atoms with Gasteiger partial charge in [-0.3, -0.25) is 19.7 Å². The quantitative estimate of drug-likeness (QED) is 0.565. The van der Waals surface area contributed by atoms with Crippen LogP contribution in [0.5, 0.6) is 0 Å². The summed E-state index contributed by atoms with van der Waals surface area (Å²) in [5.74, 6) is 2.17. The van der Waals surface area contributed by atoms with Crippen molar-refractivity contribution >= 4 is 28.7 Å². The Kier molecular flexibility index (Phi) is 5.59. The summed E-state index contributed by atoms with van der Waals surface area (Å²) in [4.78, 5) is 40.0. The van der Waals surface area contributed by atoms with Gasteiger partial charge in [0.1, 0.15) is 11.5 Å². The molecule has 1 aliphatic heterocycles. The third-order valence-corrected chi connectivity index (χ3v) is 5.88. The number of benzene rings is 1. The highest BCUT2D eigenvalue weighted by atomic mass is 32.2. The van der Waals surface area contributed by atoms with Crippen molar-refractivity contribution in [2.24, 2.45) is 0 Å². The van der Waals surface area contributed by atoms with Gasteiger partial charge in [-0.05, 0) is 38.0 Å².